The Morgan fingerprint density at radius 2 is 1.84 bits per heavy atom. The third kappa shape index (κ3) is 3.13. The number of hydrogen-bond donors (Lipinski definition) is 1. The molecule has 0 spiro atoms. The van der Waals surface area contributed by atoms with Crippen LogP contribution in [0, 0.1) is 17.7 Å². The van der Waals surface area contributed by atoms with E-state index in [9.17, 15) is 4.39 Å². The molecule has 104 valence electrons. The molecule has 0 aliphatic heterocycles. The van der Waals surface area contributed by atoms with Crippen LogP contribution in [-0.2, 0) is 0 Å². The Labute approximate surface area is 123 Å². The lowest BCUT2D eigenvalue weighted by Crippen LogP contribution is -2.34. The van der Waals surface area contributed by atoms with Gasteiger partial charge in [0.1, 0.15) is 5.82 Å². The number of fused-ring (bicyclic) bond motifs is 1. The largest absolute Gasteiger partial charge is 0.381 e. The second kappa shape index (κ2) is 5.82. The Bertz CT molecular complexity index is 448. The van der Waals surface area contributed by atoms with E-state index in [1.165, 1.54) is 51.0 Å². The van der Waals surface area contributed by atoms with Crippen LogP contribution in [0.15, 0.2) is 22.7 Å². The summed E-state index contributed by atoms with van der Waals surface area (Å²) in [7, 11) is 0. The van der Waals surface area contributed by atoms with Gasteiger partial charge in [-0.15, -0.1) is 0 Å². The van der Waals surface area contributed by atoms with Crippen molar-refractivity contribution in [1.82, 2.24) is 0 Å². The predicted molar refractivity (Wildman–Crippen MR) is 80.8 cm³/mol. The molecule has 2 aliphatic rings. The minimum absolute atomic E-state index is 0.169. The third-order valence-electron chi connectivity index (χ3n) is 4.83. The predicted octanol–water partition coefficient (Wildman–Crippen LogP) is 5.36. The average Bonchev–Trinajstić information content (AvgIpc) is 2.43. The zero-order valence-corrected chi connectivity index (χ0v) is 12.8. The summed E-state index contributed by atoms with van der Waals surface area (Å²) in [4.78, 5) is 0. The summed E-state index contributed by atoms with van der Waals surface area (Å²) < 4.78 is 14.3. The van der Waals surface area contributed by atoms with Crippen molar-refractivity contribution < 1.29 is 4.39 Å². The van der Waals surface area contributed by atoms with E-state index in [1.807, 2.05) is 0 Å². The molecular weight excluding hydrogens is 305 g/mol. The second-order valence-electron chi connectivity index (χ2n) is 6.08. The topological polar surface area (TPSA) is 12.0 Å². The molecule has 1 nitrogen and oxygen atoms in total. The van der Waals surface area contributed by atoms with E-state index in [-0.39, 0.29) is 5.82 Å². The number of nitrogens with one attached hydrogen (secondary N) is 1. The van der Waals surface area contributed by atoms with Crippen molar-refractivity contribution in [2.45, 2.75) is 51.0 Å². The van der Waals surface area contributed by atoms with Crippen molar-refractivity contribution in [3.8, 4) is 0 Å². The molecule has 0 saturated heterocycles. The minimum Gasteiger partial charge on any atom is -0.381 e. The van der Waals surface area contributed by atoms with Gasteiger partial charge in [0.15, 0.2) is 0 Å². The van der Waals surface area contributed by atoms with E-state index < -0.39 is 0 Å². The molecule has 2 fully saturated rings. The Morgan fingerprint density at radius 3 is 2.68 bits per heavy atom. The molecule has 1 aromatic rings. The van der Waals surface area contributed by atoms with Crippen molar-refractivity contribution >= 4 is 21.6 Å². The summed E-state index contributed by atoms with van der Waals surface area (Å²) in [6.07, 6.45) is 9.48. The summed E-state index contributed by atoms with van der Waals surface area (Å²) in [5.74, 6) is 1.69. The average molecular weight is 326 g/mol. The smallest absolute Gasteiger partial charge is 0.125 e. The lowest BCUT2D eigenvalue weighted by molar-refractivity contribution is 0.162. The highest BCUT2D eigenvalue weighted by Gasteiger charge is 2.32. The fraction of sp³-hybridized carbons (Fsp3) is 0.625. The molecule has 0 radical (unpaired) electrons. The van der Waals surface area contributed by atoms with Gasteiger partial charge in [0.05, 0.1) is 5.69 Å². The van der Waals surface area contributed by atoms with Crippen LogP contribution in [0.1, 0.15) is 44.9 Å². The normalized spacial score (nSPS) is 30.7. The first-order valence-corrected chi connectivity index (χ1v) is 8.23. The minimum atomic E-state index is -0.169. The lowest BCUT2D eigenvalue weighted by atomic mass is 9.69. The van der Waals surface area contributed by atoms with Gasteiger partial charge in [0, 0.05) is 10.5 Å². The van der Waals surface area contributed by atoms with E-state index in [2.05, 4.69) is 21.2 Å². The van der Waals surface area contributed by atoms with E-state index in [1.54, 1.807) is 12.1 Å². The van der Waals surface area contributed by atoms with Crippen molar-refractivity contribution in [3.63, 3.8) is 0 Å². The van der Waals surface area contributed by atoms with Gasteiger partial charge in [-0.2, -0.15) is 0 Å². The van der Waals surface area contributed by atoms with Gasteiger partial charge in [-0.05, 0) is 65.2 Å². The van der Waals surface area contributed by atoms with E-state index in [0.717, 1.165) is 22.0 Å². The quantitative estimate of drug-likeness (QED) is 0.771. The number of benzene rings is 1. The molecule has 3 atom stereocenters. The molecule has 0 heterocycles. The van der Waals surface area contributed by atoms with Crippen LogP contribution >= 0.6 is 15.9 Å². The van der Waals surface area contributed by atoms with Crippen molar-refractivity contribution in [2.24, 2.45) is 11.8 Å². The van der Waals surface area contributed by atoms with Gasteiger partial charge in [-0.1, -0.05) is 25.7 Å². The first-order valence-electron chi connectivity index (χ1n) is 7.44. The Balaban J connectivity index is 1.65. The van der Waals surface area contributed by atoms with Gasteiger partial charge >= 0.3 is 0 Å². The van der Waals surface area contributed by atoms with Crippen LogP contribution in [0.5, 0.6) is 0 Å². The Hall–Kier alpha value is -0.570. The summed E-state index contributed by atoms with van der Waals surface area (Å²) in [5.41, 5.74) is 0.902. The van der Waals surface area contributed by atoms with Gasteiger partial charge in [0.25, 0.3) is 0 Å². The molecule has 1 aromatic carbocycles. The fourth-order valence-corrected chi connectivity index (χ4v) is 4.19. The number of anilines is 1. The maximum Gasteiger partial charge on any atom is 0.125 e. The van der Waals surface area contributed by atoms with E-state index in [0.29, 0.717) is 6.04 Å². The first-order chi connectivity index (χ1) is 9.22. The molecule has 2 aliphatic carbocycles. The van der Waals surface area contributed by atoms with Gasteiger partial charge in [0.2, 0.25) is 0 Å². The molecule has 19 heavy (non-hydrogen) atoms. The van der Waals surface area contributed by atoms with Crippen LogP contribution in [0.25, 0.3) is 0 Å². The number of halogens is 2. The standard InChI is InChI=1S/C16H21BrFN/c17-15-8-6-13(18)10-16(15)19-14-7-5-11-3-1-2-4-12(11)9-14/h6,8,10-12,14,19H,1-5,7,9H2. The summed E-state index contributed by atoms with van der Waals surface area (Å²) in [5, 5.41) is 3.54. The zero-order valence-electron chi connectivity index (χ0n) is 11.2. The highest BCUT2D eigenvalue weighted by molar-refractivity contribution is 9.10. The van der Waals surface area contributed by atoms with Crippen molar-refractivity contribution in [2.75, 3.05) is 5.32 Å². The van der Waals surface area contributed by atoms with Crippen molar-refractivity contribution in [3.05, 3.63) is 28.5 Å². The second-order valence-corrected chi connectivity index (χ2v) is 6.94. The van der Waals surface area contributed by atoms with Crippen molar-refractivity contribution in [1.29, 1.82) is 0 Å². The molecule has 0 bridgehead atoms. The number of hydrogen-bond acceptors (Lipinski definition) is 1. The van der Waals surface area contributed by atoms with Crippen LogP contribution in [0.4, 0.5) is 10.1 Å². The van der Waals surface area contributed by atoms with E-state index >= 15 is 0 Å². The summed E-state index contributed by atoms with van der Waals surface area (Å²) >= 11 is 3.50. The third-order valence-corrected chi connectivity index (χ3v) is 5.52. The lowest BCUT2D eigenvalue weighted by Gasteiger charge is -2.40. The highest BCUT2D eigenvalue weighted by Crippen LogP contribution is 2.41. The zero-order chi connectivity index (χ0) is 13.2. The monoisotopic (exact) mass is 325 g/mol. The van der Waals surface area contributed by atoms with Crippen LogP contribution in [-0.4, -0.2) is 6.04 Å². The Kier molecular flexibility index (Phi) is 4.11. The fourth-order valence-electron chi connectivity index (χ4n) is 3.83. The SMILES string of the molecule is Fc1ccc(Br)c(NC2CCC3CCCCC3C2)c1. The first kappa shape index (κ1) is 13.4. The molecule has 1 N–H and O–H groups in total. The summed E-state index contributed by atoms with van der Waals surface area (Å²) in [6, 6.07) is 5.38. The molecule has 2 saturated carbocycles. The highest BCUT2D eigenvalue weighted by atomic mass is 79.9. The molecule has 0 amide bonds. The Morgan fingerprint density at radius 1 is 1.05 bits per heavy atom. The number of rotatable bonds is 2. The summed E-state index contributed by atoms with van der Waals surface area (Å²) in [6.45, 7) is 0. The molecule has 3 unspecified atom stereocenters. The molecular formula is C16H21BrFN. The van der Waals surface area contributed by atoms with Gasteiger partial charge in [-0.25, -0.2) is 4.39 Å². The molecule has 0 aromatic heterocycles. The van der Waals surface area contributed by atoms with Crippen LogP contribution < -0.4 is 5.32 Å². The van der Waals surface area contributed by atoms with E-state index in [4.69, 9.17) is 0 Å². The van der Waals surface area contributed by atoms with Gasteiger partial charge in [-0.3, -0.25) is 0 Å². The van der Waals surface area contributed by atoms with Crippen LogP contribution in [0.2, 0.25) is 0 Å². The molecule has 3 heteroatoms. The maximum absolute atomic E-state index is 13.3. The van der Waals surface area contributed by atoms with Gasteiger partial charge < -0.3 is 5.32 Å². The van der Waals surface area contributed by atoms with Crippen LogP contribution in [0.3, 0.4) is 0 Å². The maximum atomic E-state index is 13.3. The molecule has 3 rings (SSSR count).